The van der Waals surface area contributed by atoms with Gasteiger partial charge in [0.2, 0.25) is 0 Å². The summed E-state index contributed by atoms with van der Waals surface area (Å²) in [6.07, 6.45) is 8.91. The summed E-state index contributed by atoms with van der Waals surface area (Å²) in [6, 6.07) is 5.95. The molecule has 0 fully saturated rings. The summed E-state index contributed by atoms with van der Waals surface area (Å²) in [5.41, 5.74) is 2.91. The van der Waals surface area contributed by atoms with Gasteiger partial charge in [-0.3, -0.25) is 4.79 Å². The molecule has 0 heterocycles. The third kappa shape index (κ3) is 4.58. The van der Waals surface area contributed by atoms with Crippen LogP contribution in [0.4, 0.5) is 0 Å². The fraction of sp³-hybridized carbons (Fsp3) is 0.312. The summed E-state index contributed by atoms with van der Waals surface area (Å²) in [5, 5.41) is 3.09. The van der Waals surface area contributed by atoms with Crippen LogP contribution in [0.5, 0.6) is 0 Å². The van der Waals surface area contributed by atoms with Crippen LogP contribution in [-0.2, 0) is 6.42 Å². The van der Waals surface area contributed by atoms with E-state index in [0.29, 0.717) is 5.56 Å². The SMILES string of the molecule is C=CNCCCCCc1ccc(C=O)c(C=C)c1. The maximum Gasteiger partial charge on any atom is 0.150 e. The number of rotatable bonds is 9. The first kappa shape index (κ1) is 14.2. The average Bonchev–Trinajstić information content (AvgIpc) is 2.42. The molecule has 0 bridgehead atoms. The molecule has 0 radical (unpaired) electrons. The van der Waals surface area contributed by atoms with Crippen LogP contribution in [0.15, 0.2) is 37.6 Å². The Morgan fingerprint density at radius 3 is 2.61 bits per heavy atom. The van der Waals surface area contributed by atoms with Gasteiger partial charge < -0.3 is 5.32 Å². The molecule has 0 aromatic heterocycles. The topological polar surface area (TPSA) is 29.1 Å². The summed E-state index contributed by atoms with van der Waals surface area (Å²) >= 11 is 0. The number of benzene rings is 1. The normalized spacial score (nSPS) is 9.78. The van der Waals surface area contributed by atoms with E-state index < -0.39 is 0 Å². The first-order valence-electron chi connectivity index (χ1n) is 6.36. The molecule has 0 aliphatic carbocycles. The number of aldehydes is 1. The number of carbonyl (C=O) groups is 1. The lowest BCUT2D eigenvalue weighted by atomic mass is 10.0. The molecule has 0 aliphatic heterocycles. The van der Waals surface area contributed by atoms with E-state index in [0.717, 1.165) is 37.7 Å². The number of nitrogens with one attached hydrogen (secondary N) is 1. The van der Waals surface area contributed by atoms with Gasteiger partial charge in [-0.25, -0.2) is 0 Å². The van der Waals surface area contributed by atoms with Gasteiger partial charge in [0.25, 0.3) is 0 Å². The van der Waals surface area contributed by atoms with Crippen molar-refractivity contribution in [1.82, 2.24) is 5.32 Å². The highest BCUT2D eigenvalue weighted by molar-refractivity contribution is 5.81. The Labute approximate surface area is 109 Å². The number of hydrogen-bond donors (Lipinski definition) is 1. The fourth-order valence-corrected chi connectivity index (χ4v) is 1.90. The van der Waals surface area contributed by atoms with Crippen molar-refractivity contribution >= 4 is 12.4 Å². The third-order valence-electron chi connectivity index (χ3n) is 2.93. The maximum absolute atomic E-state index is 10.8. The molecule has 0 saturated carbocycles. The zero-order chi connectivity index (χ0) is 13.2. The predicted molar refractivity (Wildman–Crippen MR) is 77.7 cm³/mol. The summed E-state index contributed by atoms with van der Waals surface area (Å²) in [6.45, 7) is 8.34. The van der Waals surface area contributed by atoms with Crippen LogP contribution >= 0.6 is 0 Å². The zero-order valence-electron chi connectivity index (χ0n) is 10.8. The monoisotopic (exact) mass is 243 g/mol. The molecule has 0 spiro atoms. The summed E-state index contributed by atoms with van der Waals surface area (Å²) in [5.74, 6) is 0. The van der Waals surface area contributed by atoms with Crippen LogP contribution in [0, 0.1) is 0 Å². The average molecular weight is 243 g/mol. The standard InChI is InChI=1S/C16H21NO/c1-3-15-12-14(9-10-16(15)13-18)8-6-5-7-11-17-4-2/h3-4,9-10,12-13,17H,1-2,5-8,11H2. The van der Waals surface area contributed by atoms with Crippen LogP contribution in [-0.4, -0.2) is 12.8 Å². The molecule has 0 atom stereocenters. The zero-order valence-corrected chi connectivity index (χ0v) is 10.8. The first-order valence-corrected chi connectivity index (χ1v) is 6.36. The number of unbranched alkanes of at least 4 members (excludes halogenated alkanes) is 2. The van der Waals surface area contributed by atoms with Gasteiger partial charge in [-0.15, -0.1) is 0 Å². The molecular weight excluding hydrogens is 222 g/mol. The molecule has 1 N–H and O–H groups in total. The van der Waals surface area contributed by atoms with E-state index >= 15 is 0 Å². The second kappa shape index (κ2) is 8.29. The number of carbonyl (C=O) groups excluding carboxylic acids is 1. The van der Waals surface area contributed by atoms with Crippen LogP contribution in [0.25, 0.3) is 6.08 Å². The molecule has 96 valence electrons. The van der Waals surface area contributed by atoms with Crippen molar-refractivity contribution in [2.24, 2.45) is 0 Å². The summed E-state index contributed by atoms with van der Waals surface area (Å²) < 4.78 is 0. The van der Waals surface area contributed by atoms with Crippen molar-refractivity contribution in [2.45, 2.75) is 25.7 Å². The quantitative estimate of drug-likeness (QED) is 0.530. The van der Waals surface area contributed by atoms with E-state index in [-0.39, 0.29) is 0 Å². The van der Waals surface area contributed by atoms with Crippen molar-refractivity contribution in [1.29, 1.82) is 0 Å². The minimum absolute atomic E-state index is 0.712. The van der Waals surface area contributed by atoms with Crippen molar-refractivity contribution in [3.05, 3.63) is 54.2 Å². The lowest BCUT2D eigenvalue weighted by molar-refractivity contribution is 0.112. The lowest BCUT2D eigenvalue weighted by Crippen LogP contribution is -2.05. The van der Waals surface area contributed by atoms with Crippen LogP contribution in [0.1, 0.15) is 40.7 Å². The lowest BCUT2D eigenvalue weighted by Gasteiger charge is -2.05. The van der Waals surface area contributed by atoms with Crippen molar-refractivity contribution < 1.29 is 4.79 Å². The second-order valence-electron chi connectivity index (χ2n) is 4.25. The Bertz CT molecular complexity index is 410. The van der Waals surface area contributed by atoms with E-state index in [4.69, 9.17) is 0 Å². The van der Waals surface area contributed by atoms with E-state index in [2.05, 4.69) is 24.5 Å². The van der Waals surface area contributed by atoms with Gasteiger partial charge in [0.1, 0.15) is 0 Å². The molecule has 2 heteroatoms. The molecule has 0 aliphatic rings. The van der Waals surface area contributed by atoms with Crippen molar-refractivity contribution in [3.63, 3.8) is 0 Å². The van der Waals surface area contributed by atoms with Crippen molar-refractivity contribution in [3.8, 4) is 0 Å². The number of aryl methyl sites for hydroxylation is 1. The Balaban J connectivity index is 2.40. The Morgan fingerprint density at radius 1 is 1.11 bits per heavy atom. The molecule has 1 rings (SSSR count). The van der Waals surface area contributed by atoms with Gasteiger partial charge >= 0.3 is 0 Å². The van der Waals surface area contributed by atoms with Crippen LogP contribution < -0.4 is 5.32 Å². The first-order chi connectivity index (χ1) is 8.81. The highest BCUT2D eigenvalue weighted by Gasteiger charge is 2.00. The highest BCUT2D eigenvalue weighted by Crippen LogP contribution is 2.14. The molecule has 0 amide bonds. The van der Waals surface area contributed by atoms with E-state index in [1.807, 2.05) is 12.1 Å². The molecular formula is C16H21NO. The Kier molecular flexibility index (Phi) is 6.55. The minimum Gasteiger partial charge on any atom is -0.391 e. The van der Waals surface area contributed by atoms with Crippen molar-refractivity contribution in [2.75, 3.05) is 6.54 Å². The smallest absolute Gasteiger partial charge is 0.150 e. The van der Waals surface area contributed by atoms with E-state index in [1.165, 1.54) is 12.0 Å². The van der Waals surface area contributed by atoms with Gasteiger partial charge in [0, 0.05) is 12.1 Å². The molecule has 2 nitrogen and oxygen atoms in total. The van der Waals surface area contributed by atoms with E-state index in [9.17, 15) is 4.79 Å². The maximum atomic E-state index is 10.8. The fourth-order valence-electron chi connectivity index (χ4n) is 1.90. The van der Waals surface area contributed by atoms with Gasteiger partial charge in [0.05, 0.1) is 0 Å². The minimum atomic E-state index is 0.712. The van der Waals surface area contributed by atoms with E-state index in [1.54, 1.807) is 12.3 Å². The van der Waals surface area contributed by atoms with Gasteiger partial charge in [0.15, 0.2) is 6.29 Å². The summed E-state index contributed by atoms with van der Waals surface area (Å²) in [4.78, 5) is 10.8. The largest absolute Gasteiger partial charge is 0.391 e. The van der Waals surface area contributed by atoms with Crippen LogP contribution in [0.2, 0.25) is 0 Å². The third-order valence-corrected chi connectivity index (χ3v) is 2.93. The molecule has 1 aromatic carbocycles. The molecule has 0 saturated heterocycles. The number of hydrogen-bond acceptors (Lipinski definition) is 2. The van der Waals surface area contributed by atoms with Gasteiger partial charge in [-0.1, -0.05) is 43.9 Å². The molecule has 0 unspecified atom stereocenters. The van der Waals surface area contributed by atoms with Gasteiger partial charge in [-0.2, -0.15) is 0 Å². The summed E-state index contributed by atoms with van der Waals surface area (Å²) in [7, 11) is 0. The second-order valence-corrected chi connectivity index (χ2v) is 4.25. The van der Waals surface area contributed by atoms with Gasteiger partial charge in [-0.05, 0) is 36.6 Å². The molecule has 1 aromatic rings. The Hall–Kier alpha value is -1.83. The molecule has 18 heavy (non-hydrogen) atoms. The Morgan fingerprint density at radius 2 is 1.94 bits per heavy atom. The highest BCUT2D eigenvalue weighted by atomic mass is 16.1. The van der Waals surface area contributed by atoms with Crippen LogP contribution in [0.3, 0.4) is 0 Å². The predicted octanol–water partition coefficient (Wildman–Crippen LogP) is 3.59.